The molecule has 1 atom stereocenters. The number of rotatable bonds is 2. The summed E-state index contributed by atoms with van der Waals surface area (Å²) in [7, 11) is 0. The first-order valence-corrected chi connectivity index (χ1v) is 7.05. The van der Waals surface area contributed by atoms with Crippen LogP contribution in [0.15, 0.2) is 22.3 Å². The molecule has 0 radical (unpaired) electrons. The molecule has 19 heavy (non-hydrogen) atoms. The van der Waals surface area contributed by atoms with Crippen LogP contribution in [0.4, 0.5) is 0 Å². The van der Waals surface area contributed by atoms with Gasteiger partial charge in [-0.3, -0.25) is 5.10 Å². The summed E-state index contributed by atoms with van der Waals surface area (Å²) < 4.78 is 5.41. The van der Waals surface area contributed by atoms with E-state index in [1.165, 1.54) is 16.8 Å². The van der Waals surface area contributed by atoms with Crippen LogP contribution >= 0.6 is 11.3 Å². The van der Waals surface area contributed by atoms with Crippen LogP contribution in [0.1, 0.15) is 35.1 Å². The molecule has 0 amide bonds. The van der Waals surface area contributed by atoms with Crippen molar-refractivity contribution in [3.05, 3.63) is 34.1 Å². The molecule has 0 saturated heterocycles. The maximum atomic E-state index is 5.41. The molecule has 0 spiro atoms. The van der Waals surface area contributed by atoms with Gasteiger partial charge in [-0.2, -0.15) is 10.1 Å². The van der Waals surface area contributed by atoms with Crippen molar-refractivity contribution >= 4 is 11.3 Å². The summed E-state index contributed by atoms with van der Waals surface area (Å²) >= 11 is 1.81. The minimum atomic E-state index is 0.221. The quantitative estimate of drug-likeness (QED) is 0.775. The average molecular weight is 273 g/mol. The highest BCUT2D eigenvalue weighted by molar-refractivity contribution is 7.10. The Hall–Kier alpha value is -2.02. The normalized spacial score (nSPS) is 18.4. The number of aromatic amines is 1. The van der Waals surface area contributed by atoms with Crippen molar-refractivity contribution in [2.45, 2.75) is 25.2 Å². The number of hydrogen-bond acceptors (Lipinski definition) is 6. The van der Waals surface area contributed by atoms with Crippen LogP contribution in [-0.4, -0.2) is 25.3 Å². The van der Waals surface area contributed by atoms with Gasteiger partial charge in [-0.25, -0.2) is 4.98 Å². The molecule has 1 N–H and O–H groups in total. The summed E-state index contributed by atoms with van der Waals surface area (Å²) in [5.41, 5.74) is 1.34. The van der Waals surface area contributed by atoms with E-state index >= 15 is 0 Å². The molecule has 4 rings (SSSR count). The largest absolute Gasteiger partial charge is 0.338 e. The number of nitrogens with one attached hydrogen (secondary N) is 1. The molecule has 7 heteroatoms. The van der Waals surface area contributed by atoms with E-state index in [9.17, 15) is 0 Å². The molecule has 1 unspecified atom stereocenters. The second kappa shape index (κ2) is 4.27. The molecule has 6 nitrogen and oxygen atoms in total. The number of H-pyrrole nitrogens is 1. The molecule has 0 fully saturated rings. The third kappa shape index (κ3) is 1.77. The zero-order valence-corrected chi connectivity index (χ0v) is 10.9. The zero-order valence-electron chi connectivity index (χ0n) is 10.0. The highest BCUT2D eigenvalue weighted by Crippen LogP contribution is 2.38. The molecule has 0 aliphatic heterocycles. The molecule has 1 aliphatic carbocycles. The molecular formula is C12H11N5OS. The number of nitrogens with zero attached hydrogens (tertiary/aromatic N) is 4. The van der Waals surface area contributed by atoms with Crippen LogP contribution < -0.4 is 0 Å². The molecule has 96 valence electrons. The molecular weight excluding hydrogens is 262 g/mol. The Morgan fingerprint density at radius 3 is 3.32 bits per heavy atom. The van der Waals surface area contributed by atoms with Crippen LogP contribution in [0, 0.1) is 0 Å². The van der Waals surface area contributed by atoms with E-state index in [4.69, 9.17) is 4.52 Å². The van der Waals surface area contributed by atoms with Gasteiger partial charge in [0.05, 0.1) is 5.92 Å². The lowest BCUT2D eigenvalue weighted by Crippen LogP contribution is -2.08. The van der Waals surface area contributed by atoms with Gasteiger partial charge in [0.1, 0.15) is 6.33 Å². The number of hydrogen-bond donors (Lipinski definition) is 1. The van der Waals surface area contributed by atoms with E-state index in [2.05, 4.69) is 36.8 Å². The van der Waals surface area contributed by atoms with Gasteiger partial charge in [0.2, 0.25) is 11.7 Å². The Kier molecular flexibility index (Phi) is 2.44. The Morgan fingerprint density at radius 2 is 2.42 bits per heavy atom. The van der Waals surface area contributed by atoms with Crippen LogP contribution in [0.25, 0.3) is 11.6 Å². The number of thiophene rings is 1. The molecule has 3 aromatic rings. The van der Waals surface area contributed by atoms with Crippen molar-refractivity contribution in [3.63, 3.8) is 0 Å². The Labute approximate surface area is 112 Å². The third-order valence-corrected chi connectivity index (χ3v) is 4.42. The Bertz CT molecular complexity index is 687. The molecule has 0 aromatic carbocycles. The van der Waals surface area contributed by atoms with Crippen LogP contribution in [0.2, 0.25) is 0 Å². The first-order valence-electron chi connectivity index (χ1n) is 6.17. The SMILES string of the molecule is c1n[nH]c(-c2noc(C3CCCc4sccc43)n2)n1. The van der Waals surface area contributed by atoms with E-state index < -0.39 is 0 Å². The minimum Gasteiger partial charge on any atom is -0.338 e. The van der Waals surface area contributed by atoms with Gasteiger partial charge < -0.3 is 4.52 Å². The third-order valence-electron chi connectivity index (χ3n) is 3.42. The van der Waals surface area contributed by atoms with Crippen LogP contribution in [-0.2, 0) is 6.42 Å². The van der Waals surface area contributed by atoms with Gasteiger partial charge in [-0.15, -0.1) is 11.3 Å². The fraction of sp³-hybridized carbons (Fsp3) is 0.333. The van der Waals surface area contributed by atoms with E-state index in [0.29, 0.717) is 17.5 Å². The van der Waals surface area contributed by atoms with Crippen molar-refractivity contribution in [1.82, 2.24) is 25.3 Å². The number of aryl methyl sites for hydroxylation is 1. The lowest BCUT2D eigenvalue weighted by atomic mass is 9.88. The van der Waals surface area contributed by atoms with Gasteiger partial charge in [0, 0.05) is 4.88 Å². The first-order chi connectivity index (χ1) is 9.42. The van der Waals surface area contributed by atoms with Crippen molar-refractivity contribution in [2.24, 2.45) is 0 Å². The molecule has 0 bridgehead atoms. The van der Waals surface area contributed by atoms with E-state index in [-0.39, 0.29) is 5.92 Å². The standard InChI is InChI=1S/C12H11N5OS/c1-2-8(7-4-5-19-9(7)3-1)12-15-11(17-18-12)10-13-6-14-16-10/h4-6,8H,1-3H2,(H,13,14,16). The predicted molar refractivity (Wildman–Crippen MR) is 68.8 cm³/mol. The second-order valence-corrected chi connectivity index (χ2v) is 5.53. The summed E-state index contributed by atoms with van der Waals surface area (Å²) in [6, 6.07) is 2.17. The minimum absolute atomic E-state index is 0.221. The van der Waals surface area contributed by atoms with Gasteiger partial charge >= 0.3 is 0 Å². The molecule has 3 heterocycles. The van der Waals surface area contributed by atoms with Crippen molar-refractivity contribution in [1.29, 1.82) is 0 Å². The lowest BCUT2D eigenvalue weighted by molar-refractivity contribution is 0.355. The van der Waals surface area contributed by atoms with E-state index in [1.807, 2.05) is 11.3 Å². The summed E-state index contributed by atoms with van der Waals surface area (Å²) in [6.45, 7) is 0. The Morgan fingerprint density at radius 1 is 1.42 bits per heavy atom. The van der Waals surface area contributed by atoms with E-state index in [1.54, 1.807) is 0 Å². The van der Waals surface area contributed by atoms with Crippen LogP contribution in [0.3, 0.4) is 0 Å². The van der Waals surface area contributed by atoms with Crippen molar-refractivity contribution in [2.75, 3.05) is 0 Å². The van der Waals surface area contributed by atoms with Gasteiger partial charge in [0.15, 0.2) is 5.82 Å². The van der Waals surface area contributed by atoms with Gasteiger partial charge in [0.25, 0.3) is 0 Å². The maximum Gasteiger partial charge on any atom is 0.239 e. The first kappa shape index (κ1) is 10.9. The lowest BCUT2D eigenvalue weighted by Gasteiger charge is -2.18. The highest BCUT2D eigenvalue weighted by atomic mass is 32.1. The summed E-state index contributed by atoms with van der Waals surface area (Å²) in [4.78, 5) is 9.92. The van der Waals surface area contributed by atoms with Crippen molar-refractivity contribution in [3.8, 4) is 11.6 Å². The van der Waals surface area contributed by atoms with E-state index in [0.717, 1.165) is 19.3 Å². The zero-order chi connectivity index (χ0) is 12.7. The topological polar surface area (TPSA) is 80.5 Å². The van der Waals surface area contributed by atoms with Gasteiger partial charge in [-0.05, 0) is 36.3 Å². The summed E-state index contributed by atoms with van der Waals surface area (Å²) in [6.07, 6.45) is 4.82. The highest BCUT2D eigenvalue weighted by Gasteiger charge is 2.27. The molecule has 3 aromatic heterocycles. The van der Waals surface area contributed by atoms with Gasteiger partial charge in [-0.1, -0.05) is 5.16 Å². The maximum absolute atomic E-state index is 5.41. The fourth-order valence-electron chi connectivity index (χ4n) is 2.53. The average Bonchev–Trinajstić information content (AvgIpc) is 3.18. The summed E-state index contributed by atoms with van der Waals surface area (Å²) in [5, 5.41) is 12.6. The fourth-order valence-corrected chi connectivity index (χ4v) is 3.52. The monoisotopic (exact) mass is 273 g/mol. The Balaban J connectivity index is 1.71. The molecule has 0 saturated carbocycles. The summed E-state index contributed by atoms with van der Waals surface area (Å²) in [5.74, 6) is 1.90. The smallest absolute Gasteiger partial charge is 0.239 e. The number of aromatic nitrogens is 5. The van der Waals surface area contributed by atoms with Crippen LogP contribution in [0.5, 0.6) is 0 Å². The predicted octanol–water partition coefficient (Wildman–Crippen LogP) is 2.38. The van der Waals surface area contributed by atoms with Crippen molar-refractivity contribution < 1.29 is 4.52 Å². The second-order valence-electron chi connectivity index (χ2n) is 4.53. The number of fused-ring (bicyclic) bond motifs is 1. The molecule has 1 aliphatic rings.